The molecule has 0 aliphatic carbocycles. The van der Waals surface area contributed by atoms with Gasteiger partial charge in [0, 0.05) is 26.2 Å². The molecule has 0 radical (unpaired) electrons. The number of hydrogen-bond acceptors (Lipinski definition) is 5. The van der Waals surface area contributed by atoms with Crippen molar-refractivity contribution in [1.29, 1.82) is 0 Å². The average molecular weight is 282 g/mol. The van der Waals surface area contributed by atoms with Gasteiger partial charge in [0.2, 0.25) is 0 Å². The number of likely N-dealkylation sites (N-methyl/N-ethyl adjacent to an activating group) is 1. The third kappa shape index (κ3) is 2.60. The maximum Gasteiger partial charge on any atom is 0.258 e. The lowest BCUT2D eigenvalue weighted by atomic mass is 10.1. The molecule has 2 rings (SSSR count). The van der Waals surface area contributed by atoms with Gasteiger partial charge in [-0.25, -0.2) is 0 Å². The molecule has 1 aliphatic heterocycles. The highest BCUT2D eigenvalue weighted by molar-refractivity contribution is 7.10. The van der Waals surface area contributed by atoms with Gasteiger partial charge in [-0.2, -0.15) is 4.37 Å². The van der Waals surface area contributed by atoms with Crippen molar-refractivity contribution in [3.05, 3.63) is 11.3 Å². The van der Waals surface area contributed by atoms with E-state index in [1.165, 1.54) is 11.5 Å². The number of carbonyl (C=O) groups excluding carboxylic acids is 1. The lowest BCUT2D eigenvalue weighted by molar-refractivity contribution is 0.0782. The number of nitrogens with one attached hydrogen (secondary N) is 1. The van der Waals surface area contributed by atoms with Gasteiger partial charge in [-0.3, -0.25) is 4.79 Å². The Bertz CT molecular complexity index is 471. The summed E-state index contributed by atoms with van der Waals surface area (Å²) in [4.78, 5) is 16.8. The van der Waals surface area contributed by atoms with E-state index in [4.69, 9.17) is 0 Å². The van der Waals surface area contributed by atoms with E-state index in [-0.39, 0.29) is 5.91 Å². The Kier molecular flexibility index (Phi) is 4.10. The molecular weight excluding hydrogens is 260 g/mol. The van der Waals surface area contributed by atoms with Crippen LogP contribution in [0.2, 0.25) is 0 Å². The molecule has 0 aromatic carbocycles. The van der Waals surface area contributed by atoms with E-state index in [9.17, 15) is 4.79 Å². The number of hydrogen-bond donors (Lipinski definition) is 1. The van der Waals surface area contributed by atoms with Crippen LogP contribution in [-0.4, -0.2) is 60.4 Å². The van der Waals surface area contributed by atoms with Gasteiger partial charge in [0.1, 0.15) is 5.00 Å². The summed E-state index contributed by atoms with van der Waals surface area (Å²) in [5.41, 5.74) is 1.56. The minimum atomic E-state index is 0.104. The minimum absolute atomic E-state index is 0.104. The summed E-state index contributed by atoms with van der Waals surface area (Å²) in [6, 6.07) is 0.439. The summed E-state index contributed by atoms with van der Waals surface area (Å²) in [5, 5.41) is 3.93. The number of nitrogens with zero attached hydrogens (tertiary/aromatic N) is 3. The molecule has 2 heterocycles. The number of rotatable bonds is 3. The largest absolute Gasteiger partial charge is 0.378 e. The van der Waals surface area contributed by atoms with Crippen LogP contribution >= 0.6 is 11.5 Å². The molecule has 1 aromatic heterocycles. The van der Waals surface area contributed by atoms with Crippen molar-refractivity contribution in [3.8, 4) is 0 Å². The predicted molar refractivity (Wildman–Crippen MR) is 78.9 cm³/mol. The van der Waals surface area contributed by atoms with Crippen LogP contribution in [0.5, 0.6) is 0 Å². The molecule has 1 N–H and O–H groups in total. The molecule has 1 aromatic rings. The zero-order chi connectivity index (χ0) is 14.2. The van der Waals surface area contributed by atoms with Crippen molar-refractivity contribution in [2.45, 2.75) is 19.9 Å². The Morgan fingerprint density at radius 1 is 1.47 bits per heavy atom. The number of anilines is 1. The lowest BCUT2D eigenvalue weighted by Gasteiger charge is -2.22. The van der Waals surface area contributed by atoms with Crippen LogP contribution in [0.25, 0.3) is 0 Å². The van der Waals surface area contributed by atoms with Gasteiger partial charge in [-0.15, -0.1) is 0 Å². The van der Waals surface area contributed by atoms with Gasteiger partial charge in [-0.1, -0.05) is 6.92 Å². The van der Waals surface area contributed by atoms with Gasteiger partial charge in [0.05, 0.1) is 11.3 Å². The zero-order valence-corrected chi connectivity index (χ0v) is 13.0. The minimum Gasteiger partial charge on any atom is -0.378 e. The fraction of sp³-hybridized carbons (Fsp3) is 0.692. The van der Waals surface area contributed by atoms with Crippen molar-refractivity contribution in [3.63, 3.8) is 0 Å². The van der Waals surface area contributed by atoms with Crippen molar-refractivity contribution >= 4 is 22.4 Å². The number of aromatic nitrogens is 1. The van der Waals surface area contributed by atoms with Crippen LogP contribution in [-0.2, 0) is 0 Å². The van der Waals surface area contributed by atoms with E-state index in [1.54, 1.807) is 0 Å². The molecule has 0 spiro atoms. The van der Waals surface area contributed by atoms with Crippen LogP contribution in [0.4, 0.5) is 5.00 Å². The molecule has 1 amide bonds. The number of likely N-dealkylation sites (tertiary alicyclic amines) is 1. The molecule has 6 heteroatoms. The monoisotopic (exact) mass is 282 g/mol. The molecular formula is C13H22N4OS. The molecule has 19 heavy (non-hydrogen) atoms. The summed E-state index contributed by atoms with van der Waals surface area (Å²) in [6.07, 6.45) is 0. The van der Waals surface area contributed by atoms with E-state index in [1.807, 2.05) is 18.9 Å². The molecule has 2 atom stereocenters. The standard InChI is InChI=1S/C13H22N4OS/c1-8-6-17(7-10(8)16(4)5)13(18)11-9(2)15-19-12(11)14-3/h8,10,14H,6-7H2,1-5H3/t8-,10+/m1/s1. The lowest BCUT2D eigenvalue weighted by Crippen LogP contribution is -2.36. The molecule has 1 saturated heterocycles. The molecule has 5 nitrogen and oxygen atoms in total. The maximum absolute atomic E-state index is 12.7. The van der Waals surface area contributed by atoms with E-state index in [2.05, 4.69) is 35.6 Å². The zero-order valence-electron chi connectivity index (χ0n) is 12.2. The van der Waals surface area contributed by atoms with E-state index >= 15 is 0 Å². The highest BCUT2D eigenvalue weighted by Gasteiger charge is 2.35. The Morgan fingerprint density at radius 2 is 2.16 bits per heavy atom. The molecule has 0 unspecified atom stereocenters. The van der Waals surface area contributed by atoms with E-state index < -0.39 is 0 Å². The second-order valence-corrected chi connectivity index (χ2v) is 6.21. The van der Waals surface area contributed by atoms with Gasteiger partial charge >= 0.3 is 0 Å². The summed E-state index contributed by atoms with van der Waals surface area (Å²) in [6.45, 7) is 5.72. The first-order valence-electron chi connectivity index (χ1n) is 6.55. The number of amides is 1. The predicted octanol–water partition coefficient (Wildman–Crippen LogP) is 1.52. The summed E-state index contributed by atoms with van der Waals surface area (Å²) < 4.78 is 4.27. The van der Waals surface area contributed by atoms with Crippen LogP contribution in [0.3, 0.4) is 0 Å². The summed E-state index contributed by atoms with van der Waals surface area (Å²) >= 11 is 1.35. The Hall–Kier alpha value is -1.14. The van der Waals surface area contributed by atoms with Crippen LogP contribution in [0.1, 0.15) is 23.0 Å². The van der Waals surface area contributed by atoms with Crippen LogP contribution in [0.15, 0.2) is 0 Å². The Balaban J connectivity index is 2.19. The van der Waals surface area contributed by atoms with Crippen molar-refractivity contribution in [2.75, 3.05) is 39.5 Å². The average Bonchev–Trinajstić information content (AvgIpc) is 2.91. The van der Waals surface area contributed by atoms with Crippen molar-refractivity contribution < 1.29 is 4.79 Å². The highest BCUT2D eigenvalue weighted by atomic mass is 32.1. The fourth-order valence-corrected chi connectivity index (χ4v) is 3.48. The van der Waals surface area contributed by atoms with Crippen LogP contribution < -0.4 is 5.32 Å². The van der Waals surface area contributed by atoms with Gasteiger partial charge in [0.15, 0.2) is 0 Å². The second kappa shape index (κ2) is 5.46. The third-order valence-electron chi connectivity index (χ3n) is 3.83. The fourth-order valence-electron chi connectivity index (χ4n) is 2.74. The van der Waals surface area contributed by atoms with Crippen molar-refractivity contribution in [2.24, 2.45) is 5.92 Å². The summed E-state index contributed by atoms with van der Waals surface area (Å²) in [5.74, 6) is 0.607. The normalized spacial score (nSPS) is 23.2. The third-order valence-corrected chi connectivity index (χ3v) is 4.78. The number of aryl methyl sites for hydroxylation is 1. The Labute approximate surface area is 118 Å². The van der Waals surface area contributed by atoms with Crippen molar-refractivity contribution in [1.82, 2.24) is 14.2 Å². The van der Waals surface area contributed by atoms with Gasteiger partial charge in [-0.05, 0) is 38.5 Å². The highest BCUT2D eigenvalue weighted by Crippen LogP contribution is 2.28. The molecule has 106 valence electrons. The topological polar surface area (TPSA) is 48.5 Å². The van der Waals surface area contributed by atoms with Gasteiger partial charge in [0.25, 0.3) is 5.91 Å². The second-order valence-electron chi connectivity index (χ2n) is 5.44. The molecule has 1 fully saturated rings. The van der Waals surface area contributed by atoms with E-state index in [0.717, 1.165) is 29.3 Å². The molecule has 1 aliphatic rings. The van der Waals surface area contributed by atoms with Crippen LogP contribution in [0, 0.1) is 12.8 Å². The first-order valence-corrected chi connectivity index (χ1v) is 7.32. The first kappa shape index (κ1) is 14.3. The summed E-state index contributed by atoms with van der Waals surface area (Å²) in [7, 11) is 5.98. The smallest absolute Gasteiger partial charge is 0.258 e. The molecule has 0 saturated carbocycles. The Morgan fingerprint density at radius 3 is 2.68 bits per heavy atom. The molecule has 0 bridgehead atoms. The first-order chi connectivity index (χ1) is 8.95. The number of carbonyl (C=O) groups is 1. The van der Waals surface area contributed by atoms with E-state index in [0.29, 0.717) is 12.0 Å². The maximum atomic E-state index is 12.7. The van der Waals surface area contributed by atoms with Gasteiger partial charge < -0.3 is 15.1 Å². The quantitative estimate of drug-likeness (QED) is 0.913. The SMILES string of the molecule is CNc1snc(C)c1C(=O)N1C[C@@H](C)[C@@H](N(C)C)C1.